The number of pyridine rings is 1. The molecule has 1 aromatic carbocycles. The van der Waals surface area contributed by atoms with E-state index in [1.807, 2.05) is 0 Å². The summed E-state index contributed by atoms with van der Waals surface area (Å²) in [7, 11) is 0. The Bertz CT molecular complexity index is 943. The third kappa shape index (κ3) is 5.44. The molecule has 0 radical (unpaired) electrons. The van der Waals surface area contributed by atoms with Crippen molar-refractivity contribution < 1.29 is 22.8 Å². The van der Waals surface area contributed by atoms with E-state index >= 15 is 0 Å². The van der Waals surface area contributed by atoms with Gasteiger partial charge in [0.2, 0.25) is 6.41 Å². The van der Waals surface area contributed by atoms with Crippen molar-refractivity contribution in [3.63, 3.8) is 0 Å². The van der Waals surface area contributed by atoms with Crippen LogP contribution in [-0.4, -0.2) is 28.2 Å². The van der Waals surface area contributed by atoms with E-state index in [0.717, 1.165) is 17.0 Å². The summed E-state index contributed by atoms with van der Waals surface area (Å²) in [5.74, 6) is -0.597. The molecule has 0 saturated carbocycles. The zero-order valence-electron chi connectivity index (χ0n) is 15.9. The van der Waals surface area contributed by atoms with Crippen molar-refractivity contribution in [2.24, 2.45) is 0 Å². The zero-order valence-corrected chi connectivity index (χ0v) is 17.5. The topological polar surface area (TPSA) is 62.3 Å². The van der Waals surface area contributed by atoms with Gasteiger partial charge in [-0.1, -0.05) is 6.07 Å². The van der Waals surface area contributed by atoms with Gasteiger partial charge in [-0.05, 0) is 67.0 Å². The van der Waals surface area contributed by atoms with Gasteiger partial charge >= 0.3 is 6.18 Å². The number of halogens is 4. The molecule has 9 heteroatoms. The number of alkyl halides is 3. The van der Waals surface area contributed by atoms with Gasteiger partial charge in [-0.2, -0.15) is 13.2 Å². The number of allylic oxidation sites excluding steroid dienone is 1. The Morgan fingerprint density at radius 3 is 2.48 bits per heavy atom. The highest BCUT2D eigenvalue weighted by molar-refractivity contribution is 9.10. The molecule has 0 saturated heterocycles. The minimum Gasteiger partial charge on any atom is -0.358 e. The highest BCUT2D eigenvalue weighted by Crippen LogP contribution is 2.32. The van der Waals surface area contributed by atoms with E-state index in [-0.39, 0.29) is 17.0 Å². The van der Waals surface area contributed by atoms with Crippen LogP contribution in [0, 0.1) is 0 Å². The van der Waals surface area contributed by atoms with Gasteiger partial charge in [-0.15, -0.1) is 0 Å². The molecule has 0 aliphatic carbocycles. The standard InChI is InChI=1S/C20H19BrF3N3O2/c1-12(2)27(11-28)19(29)17(16-8-5-9-25-18(16)21)13(3)26-15-7-4-6-14(10-15)20(22,23)24/h4-12,26H,1-3H3/b17-13-. The molecule has 2 rings (SSSR count). The number of amides is 2. The lowest BCUT2D eigenvalue weighted by Crippen LogP contribution is -2.37. The maximum atomic E-state index is 13.1. The maximum absolute atomic E-state index is 13.1. The molecule has 0 aliphatic heterocycles. The molecule has 0 fully saturated rings. The van der Waals surface area contributed by atoms with Crippen LogP contribution in [0.5, 0.6) is 0 Å². The average Bonchev–Trinajstić information content (AvgIpc) is 2.63. The van der Waals surface area contributed by atoms with Gasteiger partial charge in [0.05, 0.1) is 11.1 Å². The van der Waals surface area contributed by atoms with Crippen molar-refractivity contribution in [3.8, 4) is 0 Å². The summed E-state index contributed by atoms with van der Waals surface area (Å²) in [6.45, 7) is 4.91. The van der Waals surface area contributed by atoms with Crippen LogP contribution in [0.15, 0.2) is 52.9 Å². The smallest absolute Gasteiger partial charge is 0.358 e. The maximum Gasteiger partial charge on any atom is 0.416 e. The van der Waals surface area contributed by atoms with E-state index in [4.69, 9.17) is 0 Å². The second-order valence-electron chi connectivity index (χ2n) is 6.46. The molecule has 1 heterocycles. The highest BCUT2D eigenvalue weighted by Gasteiger charge is 2.31. The summed E-state index contributed by atoms with van der Waals surface area (Å²) < 4.78 is 39.4. The van der Waals surface area contributed by atoms with E-state index in [9.17, 15) is 22.8 Å². The number of rotatable bonds is 6. The summed E-state index contributed by atoms with van der Waals surface area (Å²) in [6.07, 6.45) is -2.55. The Balaban J connectivity index is 2.58. The summed E-state index contributed by atoms with van der Waals surface area (Å²) in [5.41, 5.74) is 0.132. The Labute approximate surface area is 174 Å². The van der Waals surface area contributed by atoms with Crippen LogP contribution in [0.2, 0.25) is 0 Å². The molecule has 0 unspecified atom stereocenters. The molecule has 1 N–H and O–H groups in total. The summed E-state index contributed by atoms with van der Waals surface area (Å²) >= 11 is 3.28. The first-order chi connectivity index (χ1) is 13.6. The van der Waals surface area contributed by atoms with Gasteiger partial charge in [0.15, 0.2) is 0 Å². The van der Waals surface area contributed by atoms with Gasteiger partial charge in [0, 0.05) is 29.2 Å². The van der Waals surface area contributed by atoms with E-state index in [1.54, 1.807) is 32.9 Å². The van der Waals surface area contributed by atoms with Gasteiger partial charge in [0.1, 0.15) is 4.60 Å². The molecule has 0 aliphatic rings. The zero-order chi connectivity index (χ0) is 21.8. The first-order valence-electron chi connectivity index (χ1n) is 8.60. The van der Waals surface area contributed by atoms with Crippen molar-refractivity contribution >= 4 is 39.5 Å². The second-order valence-corrected chi connectivity index (χ2v) is 7.21. The Hall–Kier alpha value is -2.68. The molecule has 2 aromatic rings. The van der Waals surface area contributed by atoms with E-state index < -0.39 is 23.7 Å². The fourth-order valence-electron chi connectivity index (χ4n) is 2.64. The monoisotopic (exact) mass is 469 g/mol. The molecule has 2 amide bonds. The normalized spacial score (nSPS) is 12.4. The van der Waals surface area contributed by atoms with Gasteiger partial charge < -0.3 is 5.32 Å². The van der Waals surface area contributed by atoms with Gasteiger partial charge in [-0.3, -0.25) is 14.5 Å². The molecular formula is C20H19BrF3N3O2. The van der Waals surface area contributed by atoms with Crippen LogP contribution in [0.25, 0.3) is 5.57 Å². The van der Waals surface area contributed by atoms with Crippen molar-refractivity contribution in [3.05, 3.63) is 64.0 Å². The van der Waals surface area contributed by atoms with E-state index in [0.29, 0.717) is 16.6 Å². The first-order valence-corrected chi connectivity index (χ1v) is 9.39. The van der Waals surface area contributed by atoms with E-state index in [1.165, 1.54) is 18.3 Å². The van der Waals surface area contributed by atoms with Crippen molar-refractivity contribution in [1.29, 1.82) is 0 Å². The fourth-order valence-corrected chi connectivity index (χ4v) is 3.08. The van der Waals surface area contributed by atoms with Crippen molar-refractivity contribution in [1.82, 2.24) is 9.88 Å². The Kier molecular flexibility index (Phi) is 7.18. The van der Waals surface area contributed by atoms with Crippen molar-refractivity contribution in [2.45, 2.75) is 33.0 Å². The van der Waals surface area contributed by atoms with Crippen LogP contribution in [0.3, 0.4) is 0 Å². The predicted octanol–water partition coefficient (Wildman–Crippen LogP) is 5.10. The molecule has 0 spiro atoms. The molecule has 0 bridgehead atoms. The number of carbonyl (C=O) groups is 2. The molecule has 154 valence electrons. The lowest BCUT2D eigenvalue weighted by atomic mass is 10.0. The summed E-state index contributed by atoms with van der Waals surface area (Å²) in [5, 5.41) is 2.85. The molecule has 29 heavy (non-hydrogen) atoms. The number of hydrogen-bond donors (Lipinski definition) is 1. The number of benzene rings is 1. The van der Waals surface area contributed by atoms with Crippen LogP contribution in [-0.2, 0) is 15.8 Å². The van der Waals surface area contributed by atoms with Crippen LogP contribution in [0.4, 0.5) is 18.9 Å². The number of carbonyl (C=O) groups excluding carboxylic acids is 2. The molecule has 0 atom stereocenters. The van der Waals surface area contributed by atoms with Crippen molar-refractivity contribution in [2.75, 3.05) is 5.32 Å². The minimum atomic E-state index is -4.49. The SMILES string of the molecule is C/C(Nc1cccc(C(F)(F)F)c1)=C(/C(=O)N(C=O)C(C)C)c1cccnc1Br. The van der Waals surface area contributed by atoms with Crippen LogP contribution >= 0.6 is 15.9 Å². The van der Waals surface area contributed by atoms with Crippen LogP contribution < -0.4 is 5.32 Å². The summed E-state index contributed by atoms with van der Waals surface area (Å²) in [4.78, 5) is 29.7. The Morgan fingerprint density at radius 1 is 1.24 bits per heavy atom. The predicted molar refractivity (Wildman–Crippen MR) is 108 cm³/mol. The number of anilines is 1. The fraction of sp³-hybridized carbons (Fsp3) is 0.250. The number of imide groups is 1. The molecule has 5 nitrogen and oxygen atoms in total. The quantitative estimate of drug-likeness (QED) is 0.363. The number of aromatic nitrogens is 1. The third-order valence-corrected chi connectivity index (χ3v) is 4.68. The summed E-state index contributed by atoms with van der Waals surface area (Å²) in [6, 6.07) is 7.47. The van der Waals surface area contributed by atoms with Gasteiger partial charge in [-0.25, -0.2) is 4.98 Å². The number of hydrogen-bond acceptors (Lipinski definition) is 4. The first kappa shape index (κ1) is 22.6. The lowest BCUT2D eigenvalue weighted by molar-refractivity contribution is -0.138. The Morgan fingerprint density at radius 2 is 1.93 bits per heavy atom. The van der Waals surface area contributed by atoms with Crippen LogP contribution in [0.1, 0.15) is 31.9 Å². The number of nitrogens with one attached hydrogen (secondary N) is 1. The molecule has 1 aromatic heterocycles. The lowest BCUT2D eigenvalue weighted by Gasteiger charge is -2.23. The minimum absolute atomic E-state index is 0.114. The third-order valence-electron chi connectivity index (χ3n) is 4.04. The number of nitrogens with zero attached hydrogens (tertiary/aromatic N) is 2. The molecular weight excluding hydrogens is 451 g/mol. The average molecular weight is 470 g/mol. The second kappa shape index (κ2) is 9.21. The van der Waals surface area contributed by atoms with E-state index in [2.05, 4.69) is 26.2 Å². The highest BCUT2D eigenvalue weighted by atomic mass is 79.9. The van der Waals surface area contributed by atoms with Gasteiger partial charge in [0.25, 0.3) is 5.91 Å². The largest absolute Gasteiger partial charge is 0.416 e.